The van der Waals surface area contributed by atoms with E-state index >= 15 is 0 Å². The third-order valence-electron chi connectivity index (χ3n) is 4.80. The van der Waals surface area contributed by atoms with Crippen LogP contribution in [0.4, 0.5) is 0 Å². The predicted molar refractivity (Wildman–Crippen MR) is 101 cm³/mol. The Morgan fingerprint density at radius 1 is 0.875 bits per heavy atom. The van der Waals surface area contributed by atoms with Gasteiger partial charge in [-0.2, -0.15) is 0 Å². The maximum Gasteiger partial charge on any atom is 0.0352 e. The number of likely N-dealkylation sites (N-methyl/N-ethyl adjacent to an activating group) is 1. The van der Waals surface area contributed by atoms with Crippen molar-refractivity contribution in [3.05, 3.63) is 71.8 Å². The van der Waals surface area contributed by atoms with E-state index in [2.05, 4.69) is 82.7 Å². The number of benzene rings is 2. The van der Waals surface area contributed by atoms with Crippen molar-refractivity contribution in [1.29, 1.82) is 0 Å². The van der Waals surface area contributed by atoms with Crippen LogP contribution >= 0.6 is 0 Å². The van der Waals surface area contributed by atoms with Crippen molar-refractivity contribution in [2.45, 2.75) is 26.1 Å². The quantitative estimate of drug-likeness (QED) is 0.845. The number of rotatable bonds is 7. The molecule has 3 nitrogen and oxygen atoms in total. The lowest BCUT2D eigenvalue weighted by Crippen LogP contribution is -2.55. The van der Waals surface area contributed by atoms with Gasteiger partial charge in [0.1, 0.15) is 0 Å². The fraction of sp³-hybridized carbons (Fsp3) is 0.429. The molecule has 0 aromatic heterocycles. The molecular formula is C21H29N3. The second-order valence-electron chi connectivity index (χ2n) is 6.64. The van der Waals surface area contributed by atoms with Gasteiger partial charge in [-0.3, -0.25) is 9.80 Å². The van der Waals surface area contributed by atoms with E-state index in [1.165, 1.54) is 11.1 Å². The van der Waals surface area contributed by atoms with Gasteiger partial charge in [0.05, 0.1) is 0 Å². The second kappa shape index (κ2) is 8.97. The van der Waals surface area contributed by atoms with Gasteiger partial charge >= 0.3 is 0 Å². The second-order valence-corrected chi connectivity index (χ2v) is 6.64. The van der Waals surface area contributed by atoms with Crippen LogP contribution in [0.25, 0.3) is 0 Å². The van der Waals surface area contributed by atoms with E-state index in [0.717, 1.165) is 45.8 Å². The van der Waals surface area contributed by atoms with Gasteiger partial charge in [0.2, 0.25) is 0 Å². The van der Waals surface area contributed by atoms with Crippen LogP contribution in [0.15, 0.2) is 60.7 Å². The highest BCUT2D eigenvalue weighted by Gasteiger charge is 2.26. The van der Waals surface area contributed by atoms with Crippen LogP contribution in [0, 0.1) is 0 Å². The van der Waals surface area contributed by atoms with Crippen molar-refractivity contribution in [2.75, 3.05) is 32.7 Å². The smallest absolute Gasteiger partial charge is 0.0352 e. The lowest BCUT2D eigenvalue weighted by Gasteiger charge is -2.41. The standard InChI is InChI=1S/C21H29N3/c1-2-22-15-21-18-23(16-19-9-5-3-6-10-19)13-14-24(21)17-20-11-7-4-8-12-20/h3-12,21-22H,2,13-18H2,1H3. The minimum atomic E-state index is 0.572. The van der Waals surface area contributed by atoms with Crippen molar-refractivity contribution < 1.29 is 0 Å². The number of nitrogens with zero attached hydrogens (tertiary/aromatic N) is 2. The van der Waals surface area contributed by atoms with Crippen LogP contribution in [0.3, 0.4) is 0 Å². The molecule has 2 aromatic carbocycles. The van der Waals surface area contributed by atoms with Crippen molar-refractivity contribution in [3.8, 4) is 0 Å². The molecule has 1 aliphatic heterocycles. The summed E-state index contributed by atoms with van der Waals surface area (Å²) in [4.78, 5) is 5.23. The molecule has 0 radical (unpaired) electrons. The minimum absolute atomic E-state index is 0.572. The molecule has 1 unspecified atom stereocenters. The zero-order valence-electron chi connectivity index (χ0n) is 14.7. The number of nitrogens with one attached hydrogen (secondary N) is 1. The molecule has 3 heteroatoms. The molecule has 1 heterocycles. The Morgan fingerprint density at radius 3 is 2.12 bits per heavy atom. The fourth-order valence-corrected chi connectivity index (χ4v) is 3.47. The van der Waals surface area contributed by atoms with E-state index in [1.807, 2.05) is 0 Å². The zero-order chi connectivity index (χ0) is 16.6. The van der Waals surface area contributed by atoms with E-state index in [-0.39, 0.29) is 0 Å². The number of hydrogen-bond donors (Lipinski definition) is 1. The van der Waals surface area contributed by atoms with E-state index in [4.69, 9.17) is 0 Å². The molecule has 1 aliphatic rings. The average molecular weight is 323 g/mol. The zero-order valence-corrected chi connectivity index (χ0v) is 14.7. The molecule has 24 heavy (non-hydrogen) atoms. The van der Waals surface area contributed by atoms with Gasteiger partial charge in [-0.15, -0.1) is 0 Å². The Morgan fingerprint density at radius 2 is 1.50 bits per heavy atom. The minimum Gasteiger partial charge on any atom is -0.315 e. The largest absolute Gasteiger partial charge is 0.315 e. The molecule has 1 saturated heterocycles. The van der Waals surface area contributed by atoms with Crippen LogP contribution in [-0.4, -0.2) is 48.6 Å². The maximum atomic E-state index is 3.55. The van der Waals surface area contributed by atoms with Crippen molar-refractivity contribution >= 4 is 0 Å². The van der Waals surface area contributed by atoms with E-state index in [9.17, 15) is 0 Å². The summed E-state index contributed by atoms with van der Waals surface area (Å²) in [5.74, 6) is 0. The lowest BCUT2D eigenvalue weighted by molar-refractivity contribution is 0.0640. The molecule has 1 N–H and O–H groups in total. The molecule has 0 aliphatic carbocycles. The summed E-state index contributed by atoms with van der Waals surface area (Å²) in [6.07, 6.45) is 0. The first-order chi connectivity index (χ1) is 11.8. The summed E-state index contributed by atoms with van der Waals surface area (Å²) in [5, 5.41) is 3.55. The summed E-state index contributed by atoms with van der Waals surface area (Å²) in [7, 11) is 0. The van der Waals surface area contributed by atoms with Crippen molar-refractivity contribution in [3.63, 3.8) is 0 Å². The Labute approximate surface area is 146 Å². The maximum absolute atomic E-state index is 3.55. The van der Waals surface area contributed by atoms with Gasteiger partial charge in [-0.05, 0) is 17.7 Å². The molecule has 2 aromatic rings. The van der Waals surface area contributed by atoms with Gasteiger partial charge < -0.3 is 5.32 Å². The SMILES string of the molecule is CCNCC1CN(Cc2ccccc2)CCN1Cc1ccccc1. The highest BCUT2D eigenvalue weighted by atomic mass is 15.3. The first-order valence-electron chi connectivity index (χ1n) is 9.10. The van der Waals surface area contributed by atoms with Gasteiger partial charge in [-0.25, -0.2) is 0 Å². The molecule has 0 saturated carbocycles. The fourth-order valence-electron chi connectivity index (χ4n) is 3.47. The van der Waals surface area contributed by atoms with E-state index in [1.54, 1.807) is 0 Å². The molecule has 128 valence electrons. The molecule has 3 rings (SSSR count). The van der Waals surface area contributed by atoms with Gasteiger partial charge in [0.25, 0.3) is 0 Å². The van der Waals surface area contributed by atoms with Crippen molar-refractivity contribution in [2.24, 2.45) is 0 Å². The van der Waals surface area contributed by atoms with E-state index in [0.29, 0.717) is 6.04 Å². The summed E-state index contributed by atoms with van der Waals surface area (Å²) in [5.41, 5.74) is 2.83. The van der Waals surface area contributed by atoms with Crippen LogP contribution in [-0.2, 0) is 13.1 Å². The lowest BCUT2D eigenvalue weighted by atomic mass is 10.1. The monoisotopic (exact) mass is 323 g/mol. The summed E-state index contributed by atoms with van der Waals surface area (Å²) >= 11 is 0. The Bertz CT molecular complexity index is 585. The highest BCUT2D eigenvalue weighted by molar-refractivity contribution is 5.16. The van der Waals surface area contributed by atoms with Crippen molar-refractivity contribution in [1.82, 2.24) is 15.1 Å². The third kappa shape index (κ3) is 4.91. The highest BCUT2D eigenvalue weighted by Crippen LogP contribution is 2.16. The molecule has 0 spiro atoms. The predicted octanol–water partition coefficient (Wildman–Crippen LogP) is 2.98. The average Bonchev–Trinajstić information content (AvgIpc) is 2.63. The molecule has 1 fully saturated rings. The molecular weight excluding hydrogens is 294 g/mol. The van der Waals surface area contributed by atoms with Gasteiger partial charge in [-0.1, -0.05) is 67.6 Å². The molecule has 1 atom stereocenters. The third-order valence-corrected chi connectivity index (χ3v) is 4.80. The van der Waals surface area contributed by atoms with E-state index < -0.39 is 0 Å². The van der Waals surface area contributed by atoms with Crippen LogP contribution in [0.2, 0.25) is 0 Å². The number of hydrogen-bond acceptors (Lipinski definition) is 3. The topological polar surface area (TPSA) is 18.5 Å². The Balaban J connectivity index is 1.61. The first kappa shape index (κ1) is 17.2. The molecule has 0 bridgehead atoms. The van der Waals surface area contributed by atoms with Gasteiger partial charge in [0.15, 0.2) is 0 Å². The molecule has 0 amide bonds. The summed E-state index contributed by atoms with van der Waals surface area (Å²) < 4.78 is 0. The van der Waals surface area contributed by atoms with Gasteiger partial charge in [0, 0.05) is 45.3 Å². The van der Waals surface area contributed by atoms with Crippen LogP contribution < -0.4 is 5.32 Å². The first-order valence-corrected chi connectivity index (χ1v) is 9.10. The Kier molecular flexibility index (Phi) is 6.41. The summed E-state index contributed by atoms with van der Waals surface area (Å²) in [6, 6.07) is 22.2. The summed E-state index contributed by atoms with van der Waals surface area (Å²) in [6.45, 7) is 9.81. The normalized spacial score (nSPS) is 19.5. The number of piperazine rings is 1. The van der Waals surface area contributed by atoms with Crippen LogP contribution in [0.5, 0.6) is 0 Å². The Hall–Kier alpha value is -1.68. The van der Waals surface area contributed by atoms with Crippen LogP contribution in [0.1, 0.15) is 18.1 Å².